The topological polar surface area (TPSA) is 38.7 Å². The first kappa shape index (κ1) is 47.7. The monoisotopic (exact) mass is 886 g/mol. The van der Waals surface area contributed by atoms with E-state index in [1.807, 2.05) is 36.4 Å². The molecule has 60 heavy (non-hydrogen) atoms. The van der Waals surface area contributed by atoms with Crippen LogP contribution in [0.15, 0.2) is 109 Å². The van der Waals surface area contributed by atoms with Crippen molar-refractivity contribution in [2.24, 2.45) is 0 Å². The van der Waals surface area contributed by atoms with E-state index in [4.69, 9.17) is 33.2 Å². The summed E-state index contributed by atoms with van der Waals surface area (Å²) in [6.45, 7) is 20.2. The second-order valence-corrected chi connectivity index (χ2v) is 16.7. The number of aromatic nitrogens is 2. The molecule has 0 bridgehead atoms. The minimum absolute atomic E-state index is 0. The molecule has 0 aliphatic carbocycles. The molecule has 0 amide bonds. The summed E-state index contributed by atoms with van der Waals surface area (Å²) in [7, 11) is 0. The zero-order valence-electron chi connectivity index (χ0n) is 35.7. The maximum absolute atomic E-state index is 6.28. The van der Waals surface area contributed by atoms with Crippen molar-refractivity contribution in [3.8, 4) is 22.5 Å². The SMILES string of the molecule is CCN(CC)C1CCN(Cc2cc(-c3ccccc3)nc3cc(Cl)ccc23)CC1.CCN(CC)C1CCN(Cc2cc(-c3ccccc3)nc3cc(Cl)ccc23)CC1.Cl.Cl. The van der Waals surface area contributed by atoms with Gasteiger partial charge in [0.15, 0.2) is 0 Å². The molecule has 0 saturated carbocycles. The number of halogens is 4. The molecule has 10 heteroatoms. The van der Waals surface area contributed by atoms with Gasteiger partial charge in [0, 0.05) is 57.1 Å². The van der Waals surface area contributed by atoms with E-state index in [2.05, 4.69) is 120 Å². The highest BCUT2D eigenvalue weighted by Crippen LogP contribution is 2.31. The molecule has 0 atom stereocenters. The number of hydrogen-bond acceptors (Lipinski definition) is 6. The molecule has 320 valence electrons. The van der Waals surface area contributed by atoms with Crippen LogP contribution in [0.4, 0.5) is 0 Å². The lowest BCUT2D eigenvalue weighted by atomic mass is 10.00. The second-order valence-electron chi connectivity index (χ2n) is 15.8. The van der Waals surface area contributed by atoms with Gasteiger partial charge in [-0.15, -0.1) is 24.8 Å². The predicted octanol–water partition coefficient (Wildman–Crippen LogP) is 12.6. The van der Waals surface area contributed by atoms with Gasteiger partial charge in [-0.25, -0.2) is 9.97 Å². The Kier molecular flexibility index (Phi) is 18.5. The minimum atomic E-state index is 0. The van der Waals surface area contributed by atoms with Crippen LogP contribution in [0, 0.1) is 0 Å². The molecule has 2 saturated heterocycles. The zero-order valence-corrected chi connectivity index (χ0v) is 38.8. The van der Waals surface area contributed by atoms with Gasteiger partial charge in [-0.1, -0.05) is 124 Å². The summed E-state index contributed by atoms with van der Waals surface area (Å²) in [6.07, 6.45) is 5.01. The molecule has 2 aliphatic heterocycles. The Morgan fingerprint density at radius 1 is 0.500 bits per heavy atom. The maximum Gasteiger partial charge on any atom is 0.0727 e. The Morgan fingerprint density at radius 2 is 0.850 bits per heavy atom. The van der Waals surface area contributed by atoms with E-state index in [1.54, 1.807) is 0 Å². The molecule has 2 aromatic heterocycles. The van der Waals surface area contributed by atoms with Gasteiger partial charge < -0.3 is 9.80 Å². The van der Waals surface area contributed by atoms with Crippen LogP contribution >= 0.6 is 48.0 Å². The third-order valence-corrected chi connectivity index (χ3v) is 12.9. The van der Waals surface area contributed by atoms with Gasteiger partial charge in [0.25, 0.3) is 0 Å². The number of likely N-dealkylation sites (tertiary alicyclic amines) is 2. The van der Waals surface area contributed by atoms with E-state index >= 15 is 0 Å². The van der Waals surface area contributed by atoms with Crippen LogP contribution in [0.25, 0.3) is 44.3 Å². The van der Waals surface area contributed by atoms with Crippen LogP contribution in [0.3, 0.4) is 0 Å². The largest absolute Gasteiger partial charge is 0.301 e. The van der Waals surface area contributed by atoms with E-state index in [1.165, 1.54) is 47.6 Å². The molecule has 0 radical (unpaired) electrons. The molecule has 4 heterocycles. The van der Waals surface area contributed by atoms with Crippen molar-refractivity contribution >= 4 is 69.8 Å². The first-order valence-corrected chi connectivity index (χ1v) is 22.3. The van der Waals surface area contributed by atoms with E-state index in [9.17, 15) is 0 Å². The first-order chi connectivity index (χ1) is 28.3. The van der Waals surface area contributed by atoms with E-state index < -0.39 is 0 Å². The molecule has 0 spiro atoms. The summed E-state index contributed by atoms with van der Waals surface area (Å²) < 4.78 is 0. The van der Waals surface area contributed by atoms with Gasteiger partial charge in [-0.2, -0.15) is 0 Å². The fourth-order valence-corrected chi connectivity index (χ4v) is 9.50. The van der Waals surface area contributed by atoms with Crippen molar-refractivity contribution in [2.75, 3.05) is 52.4 Å². The standard InChI is InChI=1S/2C25H30ClN3.2ClH/c2*1-3-29(4-2)22-12-14-28(15-13-22)18-20-16-24(19-8-6-5-7-9-19)27-25-17-21(26)10-11-23(20)25;;/h2*5-11,16-17,22H,3-4,12-15,18H2,1-2H3;2*1H. The fraction of sp³-hybridized carbons (Fsp3) is 0.400. The Bertz CT molecular complexity index is 2060. The third-order valence-electron chi connectivity index (χ3n) is 12.4. The lowest BCUT2D eigenvalue weighted by Crippen LogP contribution is -2.44. The zero-order chi connectivity index (χ0) is 40.4. The van der Waals surface area contributed by atoms with E-state index in [0.717, 1.165) is 121 Å². The molecular formula is C50H62Cl4N6. The van der Waals surface area contributed by atoms with Gasteiger partial charge in [-0.05, 0) is 126 Å². The highest BCUT2D eigenvalue weighted by Gasteiger charge is 2.25. The molecule has 0 unspecified atom stereocenters. The summed E-state index contributed by atoms with van der Waals surface area (Å²) in [5.41, 5.74) is 8.98. The number of hydrogen-bond donors (Lipinski definition) is 0. The fourth-order valence-electron chi connectivity index (χ4n) is 9.17. The van der Waals surface area contributed by atoms with Gasteiger partial charge >= 0.3 is 0 Å². The Balaban J connectivity index is 0.000000220. The predicted molar refractivity (Wildman–Crippen MR) is 261 cm³/mol. The van der Waals surface area contributed by atoms with Crippen LogP contribution < -0.4 is 0 Å². The summed E-state index contributed by atoms with van der Waals surface area (Å²) in [6, 6.07) is 39.0. The van der Waals surface area contributed by atoms with Crippen molar-refractivity contribution in [1.29, 1.82) is 0 Å². The summed E-state index contributed by atoms with van der Waals surface area (Å²) in [4.78, 5) is 20.2. The summed E-state index contributed by atoms with van der Waals surface area (Å²) in [5.74, 6) is 0. The number of pyridine rings is 2. The maximum atomic E-state index is 6.28. The van der Waals surface area contributed by atoms with Crippen molar-refractivity contribution in [1.82, 2.24) is 29.6 Å². The minimum Gasteiger partial charge on any atom is -0.301 e. The average molecular weight is 889 g/mol. The summed E-state index contributed by atoms with van der Waals surface area (Å²) in [5, 5.41) is 3.89. The van der Waals surface area contributed by atoms with Crippen LogP contribution in [0.1, 0.15) is 64.5 Å². The van der Waals surface area contributed by atoms with Gasteiger partial charge in [0.05, 0.1) is 22.4 Å². The normalized spacial score (nSPS) is 15.5. The van der Waals surface area contributed by atoms with Gasteiger partial charge in [-0.3, -0.25) is 9.80 Å². The first-order valence-electron chi connectivity index (χ1n) is 21.6. The number of fused-ring (bicyclic) bond motifs is 2. The van der Waals surface area contributed by atoms with Crippen molar-refractivity contribution in [3.63, 3.8) is 0 Å². The van der Waals surface area contributed by atoms with E-state index in [-0.39, 0.29) is 24.8 Å². The Labute approximate surface area is 381 Å². The van der Waals surface area contributed by atoms with E-state index in [0.29, 0.717) is 0 Å². The molecule has 6 aromatic rings. The molecule has 6 nitrogen and oxygen atoms in total. The van der Waals surface area contributed by atoms with Crippen molar-refractivity contribution < 1.29 is 0 Å². The van der Waals surface area contributed by atoms with Crippen LogP contribution in [-0.2, 0) is 13.1 Å². The number of rotatable bonds is 12. The number of piperidine rings is 2. The molecule has 2 fully saturated rings. The van der Waals surface area contributed by atoms with Crippen LogP contribution in [0.5, 0.6) is 0 Å². The smallest absolute Gasteiger partial charge is 0.0727 e. The quantitative estimate of drug-likeness (QED) is 0.122. The van der Waals surface area contributed by atoms with Crippen LogP contribution in [-0.4, -0.2) is 94.0 Å². The van der Waals surface area contributed by atoms with Crippen molar-refractivity contribution in [2.45, 2.75) is 78.6 Å². The summed E-state index contributed by atoms with van der Waals surface area (Å²) >= 11 is 12.6. The lowest BCUT2D eigenvalue weighted by Gasteiger charge is -2.37. The van der Waals surface area contributed by atoms with Crippen LogP contribution in [0.2, 0.25) is 10.0 Å². The van der Waals surface area contributed by atoms with Gasteiger partial charge in [0.2, 0.25) is 0 Å². The molecule has 0 N–H and O–H groups in total. The van der Waals surface area contributed by atoms with Crippen molar-refractivity contribution in [3.05, 3.63) is 130 Å². The third kappa shape index (κ3) is 12.0. The number of nitrogens with zero attached hydrogens (tertiary/aromatic N) is 6. The lowest BCUT2D eigenvalue weighted by molar-refractivity contribution is 0.113. The average Bonchev–Trinajstić information content (AvgIpc) is 3.26. The molecule has 8 rings (SSSR count). The Hall–Kier alpha value is -3.30. The van der Waals surface area contributed by atoms with Gasteiger partial charge in [0.1, 0.15) is 0 Å². The second kappa shape index (κ2) is 23.2. The molecule has 4 aromatic carbocycles. The molecular weight excluding hydrogens is 826 g/mol. The molecule has 2 aliphatic rings. The highest BCUT2D eigenvalue weighted by atomic mass is 35.5. The number of benzene rings is 4. The Morgan fingerprint density at radius 3 is 1.18 bits per heavy atom. The highest BCUT2D eigenvalue weighted by molar-refractivity contribution is 6.31.